The molecule has 1 N–H and O–H groups in total. The van der Waals surface area contributed by atoms with Crippen LogP contribution in [0.1, 0.15) is 32.6 Å². The predicted octanol–water partition coefficient (Wildman–Crippen LogP) is 2.87. The lowest BCUT2D eigenvalue weighted by molar-refractivity contribution is -0.386. The molecule has 23 heavy (non-hydrogen) atoms. The van der Waals surface area contributed by atoms with E-state index < -0.39 is 16.4 Å². The quantitative estimate of drug-likeness (QED) is 0.496. The maximum atomic E-state index is 13.8. The van der Waals surface area contributed by atoms with Gasteiger partial charge in [0.25, 0.3) is 0 Å². The van der Waals surface area contributed by atoms with Crippen LogP contribution >= 0.6 is 0 Å². The molecule has 126 valence electrons. The van der Waals surface area contributed by atoms with Crippen LogP contribution in [0.15, 0.2) is 18.2 Å². The number of para-hydroxylation sites is 1. The van der Waals surface area contributed by atoms with Crippen molar-refractivity contribution in [2.24, 2.45) is 5.92 Å². The van der Waals surface area contributed by atoms with Gasteiger partial charge in [0.05, 0.1) is 10.8 Å². The molecule has 2 rings (SSSR count). The van der Waals surface area contributed by atoms with Crippen molar-refractivity contribution < 1.29 is 14.1 Å². The molecule has 0 aromatic heterocycles. The van der Waals surface area contributed by atoms with Crippen molar-refractivity contribution in [3.05, 3.63) is 34.1 Å². The summed E-state index contributed by atoms with van der Waals surface area (Å²) in [5.41, 5.74) is -0.263. The first-order valence-electron chi connectivity index (χ1n) is 8.00. The molecule has 1 fully saturated rings. The third kappa shape index (κ3) is 4.18. The van der Waals surface area contributed by atoms with E-state index in [4.69, 9.17) is 0 Å². The average molecular weight is 323 g/mol. The minimum Gasteiger partial charge on any atom is -0.365 e. The molecule has 1 saturated heterocycles. The van der Waals surface area contributed by atoms with Crippen molar-refractivity contribution in [3.8, 4) is 0 Å². The highest BCUT2D eigenvalue weighted by atomic mass is 19.1. The van der Waals surface area contributed by atoms with E-state index in [1.807, 2.05) is 0 Å². The molecule has 0 aliphatic carbocycles. The van der Waals surface area contributed by atoms with Crippen molar-refractivity contribution in [3.63, 3.8) is 0 Å². The van der Waals surface area contributed by atoms with E-state index in [1.165, 1.54) is 6.07 Å². The summed E-state index contributed by atoms with van der Waals surface area (Å²) in [6, 6.07) is 4.09. The summed E-state index contributed by atoms with van der Waals surface area (Å²) in [5, 5.41) is 14.0. The van der Waals surface area contributed by atoms with Gasteiger partial charge in [0.2, 0.25) is 11.7 Å². The number of rotatable bonds is 6. The smallest absolute Gasteiger partial charge is 0.327 e. The molecule has 1 amide bonds. The molecule has 0 saturated carbocycles. The van der Waals surface area contributed by atoms with Crippen LogP contribution < -0.4 is 10.2 Å². The number of benzene rings is 1. The molecule has 0 bridgehead atoms. The van der Waals surface area contributed by atoms with E-state index in [9.17, 15) is 19.3 Å². The van der Waals surface area contributed by atoms with Crippen LogP contribution in [0.2, 0.25) is 0 Å². The lowest BCUT2D eigenvalue weighted by Gasteiger charge is -2.33. The normalized spacial score (nSPS) is 17.8. The fourth-order valence-electron chi connectivity index (χ4n) is 2.88. The van der Waals surface area contributed by atoms with E-state index in [0.29, 0.717) is 19.6 Å². The van der Waals surface area contributed by atoms with E-state index >= 15 is 0 Å². The van der Waals surface area contributed by atoms with Gasteiger partial charge < -0.3 is 10.2 Å². The number of carbonyl (C=O) groups excluding carboxylic acids is 1. The Hall–Kier alpha value is -2.18. The SMILES string of the molecule is CCCCNC(=O)C1CCCN(c2cccc(F)c2[N+](=O)[O-])C1. The van der Waals surface area contributed by atoms with Crippen molar-refractivity contribution in [2.45, 2.75) is 32.6 Å². The highest BCUT2D eigenvalue weighted by molar-refractivity contribution is 5.80. The number of anilines is 1. The minimum atomic E-state index is -0.845. The molecule has 1 heterocycles. The third-order valence-electron chi connectivity index (χ3n) is 4.11. The second kappa shape index (κ2) is 7.89. The molecule has 1 aromatic carbocycles. The van der Waals surface area contributed by atoms with Crippen LogP contribution in [0, 0.1) is 21.8 Å². The molecule has 1 atom stereocenters. The number of halogens is 1. The second-order valence-corrected chi connectivity index (χ2v) is 5.79. The number of nitrogens with one attached hydrogen (secondary N) is 1. The maximum Gasteiger partial charge on any atom is 0.327 e. The van der Waals surface area contributed by atoms with Gasteiger partial charge in [-0.1, -0.05) is 19.4 Å². The van der Waals surface area contributed by atoms with Crippen molar-refractivity contribution in [2.75, 3.05) is 24.5 Å². The van der Waals surface area contributed by atoms with Gasteiger partial charge in [-0.25, -0.2) is 0 Å². The van der Waals surface area contributed by atoms with Gasteiger partial charge in [-0.3, -0.25) is 14.9 Å². The summed E-state index contributed by atoms with van der Waals surface area (Å²) >= 11 is 0. The standard InChI is InChI=1S/C16H22FN3O3/c1-2-3-9-18-16(21)12-6-5-10-19(11-12)14-8-4-7-13(17)15(14)20(22)23/h4,7-8,12H,2-3,5-6,9-11H2,1H3,(H,18,21). The van der Waals surface area contributed by atoms with Crippen LogP contribution in [0.4, 0.5) is 15.8 Å². The summed E-state index contributed by atoms with van der Waals surface area (Å²) < 4.78 is 13.8. The van der Waals surface area contributed by atoms with E-state index in [2.05, 4.69) is 12.2 Å². The molecule has 1 aromatic rings. The van der Waals surface area contributed by atoms with Gasteiger partial charge in [0, 0.05) is 19.6 Å². The number of nitro groups is 1. The number of amides is 1. The predicted molar refractivity (Wildman–Crippen MR) is 85.9 cm³/mol. The first kappa shape index (κ1) is 17.2. The van der Waals surface area contributed by atoms with Crippen molar-refractivity contribution in [1.29, 1.82) is 0 Å². The van der Waals surface area contributed by atoms with E-state index in [0.717, 1.165) is 31.7 Å². The zero-order valence-electron chi connectivity index (χ0n) is 13.3. The largest absolute Gasteiger partial charge is 0.365 e. The van der Waals surface area contributed by atoms with Crippen LogP contribution in [0.25, 0.3) is 0 Å². The average Bonchev–Trinajstić information content (AvgIpc) is 2.54. The molecule has 1 aliphatic rings. The lowest BCUT2D eigenvalue weighted by Crippen LogP contribution is -2.43. The van der Waals surface area contributed by atoms with E-state index in [1.54, 1.807) is 11.0 Å². The monoisotopic (exact) mass is 323 g/mol. The summed E-state index contributed by atoms with van der Waals surface area (Å²) in [6.45, 7) is 3.66. The van der Waals surface area contributed by atoms with Crippen LogP contribution in [0.5, 0.6) is 0 Å². The van der Waals surface area contributed by atoms with Crippen LogP contribution in [0.3, 0.4) is 0 Å². The number of piperidine rings is 1. The van der Waals surface area contributed by atoms with Crippen LogP contribution in [-0.2, 0) is 4.79 Å². The molecular formula is C16H22FN3O3. The van der Waals surface area contributed by atoms with Gasteiger partial charge >= 0.3 is 5.69 Å². The van der Waals surface area contributed by atoms with Gasteiger partial charge in [-0.05, 0) is 31.4 Å². The Labute approximate surface area is 134 Å². The second-order valence-electron chi connectivity index (χ2n) is 5.79. The maximum absolute atomic E-state index is 13.8. The van der Waals surface area contributed by atoms with Gasteiger partial charge in [0.1, 0.15) is 5.69 Å². The Morgan fingerprint density at radius 1 is 1.52 bits per heavy atom. The fraction of sp³-hybridized carbons (Fsp3) is 0.562. The molecule has 7 heteroatoms. The molecule has 1 aliphatic heterocycles. The zero-order chi connectivity index (χ0) is 16.8. The molecule has 6 nitrogen and oxygen atoms in total. The first-order valence-corrected chi connectivity index (χ1v) is 8.00. The van der Waals surface area contributed by atoms with E-state index in [-0.39, 0.29) is 17.5 Å². The summed E-state index contributed by atoms with van der Waals surface area (Å²) in [6.07, 6.45) is 3.43. The number of hydrogen-bond donors (Lipinski definition) is 1. The topological polar surface area (TPSA) is 75.5 Å². The summed E-state index contributed by atoms with van der Waals surface area (Å²) in [5.74, 6) is -1.09. The van der Waals surface area contributed by atoms with Crippen molar-refractivity contribution in [1.82, 2.24) is 5.32 Å². The number of nitro benzene ring substituents is 1. The Bertz CT molecular complexity index is 580. The Morgan fingerprint density at radius 2 is 2.30 bits per heavy atom. The first-order chi connectivity index (χ1) is 11.0. The Balaban J connectivity index is 2.11. The fourth-order valence-corrected chi connectivity index (χ4v) is 2.88. The molecular weight excluding hydrogens is 301 g/mol. The van der Waals surface area contributed by atoms with Gasteiger partial charge in [0.15, 0.2) is 0 Å². The summed E-state index contributed by atoms with van der Waals surface area (Å²) in [7, 11) is 0. The van der Waals surface area contributed by atoms with Gasteiger partial charge in [-0.2, -0.15) is 4.39 Å². The third-order valence-corrected chi connectivity index (χ3v) is 4.11. The molecule has 1 unspecified atom stereocenters. The number of hydrogen-bond acceptors (Lipinski definition) is 4. The highest BCUT2D eigenvalue weighted by Gasteiger charge is 2.30. The molecule has 0 radical (unpaired) electrons. The number of nitrogens with zero attached hydrogens (tertiary/aromatic N) is 2. The minimum absolute atomic E-state index is 0.0257. The number of carbonyl (C=O) groups is 1. The lowest BCUT2D eigenvalue weighted by atomic mass is 9.96. The van der Waals surface area contributed by atoms with Gasteiger partial charge in [-0.15, -0.1) is 0 Å². The van der Waals surface area contributed by atoms with Crippen LogP contribution in [-0.4, -0.2) is 30.5 Å². The Morgan fingerprint density at radius 3 is 3.00 bits per heavy atom. The highest BCUT2D eigenvalue weighted by Crippen LogP contribution is 2.33. The summed E-state index contributed by atoms with van der Waals surface area (Å²) in [4.78, 5) is 24.4. The van der Waals surface area contributed by atoms with Crippen molar-refractivity contribution >= 4 is 17.3 Å². The Kier molecular flexibility index (Phi) is 5.90. The zero-order valence-corrected chi connectivity index (χ0v) is 13.3. The number of unbranched alkanes of at least 4 members (excludes halogenated alkanes) is 1. The molecule has 0 spiro atoms.